The first-order valence-electron chi connectivity index (χ1n) is 7.70. The first kappa shape index (κ1) is 15.4. The molecule has 1 N–H and O–H groups in total. The fraction of sp³-hybridized carbons (Fsp3) is 0.471. The highest BCUT2D eigenvalue weighted by Gasteiger charge is 2.21. The zero-order valence-corrected chi connectivity index (χ0v) is 13.4. The third-order valence-electron chi connectivity index (χ3n) is 3.92. The Hall–Kier alpha value is -1.52. The summed E-state index contributed by atoms with van der Waals surface area (Å²) < 4.78 is 11.2. The molecule has 1 saturated carbocycles. The summed E-state index contributed by atoms with van der Waals surface area (Å²) in [5.41, 5.74) is 1.39. The van der Waals surface area contributed by atoms with E-state index >= 15 is 0 Å². The maximum absolute atomic E-state index is 12.2. The largest absolute Gasteiger partial charge is 0.449 e. The number of hydrogen-bond acceptors (Lipinski definition) is 3. The lowest BCUT2D eigenvalue weighted by Gasteiger charge is -2.05. The Morgan fingerprint density at radius 2 is 2.27 bits per heavy atom. The van der Waals surface area contributed by atoms with E-state index in [1.165, 1.54) is 12.8 Å². The van der Waals surface area contributed by atoms with Crippen LogP contribution in [0.1, 0.15) is 35.4 Å². The first-order valence-corrected chi connectivity index (χ1v) is 8.08. The Kier molecular flexibility index (Phi) is 4.69. The third-order valence-corrected chi connectivity index (χ3v) is 4.22. The Morgan fingerprint density at radius 1 is 1.45 bits per heavy atom. The van der Waals surface area contributed by atoms with Crippen LogP contribution in [0.25, 0.3) is 11.0 Å². The van der Waals surface area contributed by atoms with Crippen molar-refractivity contribution in [3.8, 4) is 0 Å². The van der Waals surface area contributed by atoms with Crippen molar-refractivity contribution in [2.45, 2.75) is 26.2 Å². The van der Waals surface area contributed by atoms with Crippen molar-refractivity contribution in [3.63, 3.8) is 0 Å². The maximum Gasteiger partial charge on any atom is 0.287 e. The summed E-state index contributed by atoms with van der Waals surface area (Å²) in [6.45, 7) is 3.99. The molecule has 2 aromatic rings. The van der Waals surface area contributed by atoms with Gasteiger partial charge in [0.1, 0.15) is 0 Å². The number of benzene rings is 1. The van der Waals surface area contributed by atoms with Crippen LogP contribution in [0.3, 0.4) is 0 Å². The molecule has 22 heavy (non-hydrogen) atoms. The van der Waals surface area contributed by atoms with Gasteiger partial charge in [-0.25, -0.2) is 0 Å². The van der Waals surface area contributed by atoms with Crippen LogP contribution in [-0.2, 0) is 4.74 Å². The molecule has 0 atom stereocenters. The Balaban J connectivity index is 1.53. The van der Waals surface area contributed by atoms with E-state index < -0.39 is 0 Å². The number of fused-ring (bicyclic) bond motifs is 1. The second-order valence-corrected chi connectivity index (χ2v) is 6.21. The zero-order chi connectivity index (χ0) is 15.5. The van der Waals surface area contributed by atoms with E-state index in [0.717, 1.165) is 29.9 Å². The van der Waals surface area contributed by atoms with Gasteiger partial charge in [-0.1, -0.05) is 23.7 Å². The molecular formula is C17H20ClNO3. The third kappa shape index (κ3) is 3.45. The number of nitrogens with one attached hydrogen (secondary N) is 1. The smallest absolute Gasteiger partial charge is 0.287 e. The topological polar surface area (TPSA) is 51.5 Å². The molecule has 1 fully saturated rings. The number of rotatable bonds is 7. The van der Waals surface area contributed by atoms with Gasteiger partial charge in [0.15, 0.2) is 11.3 Å². The maximum atomic E-state index is 12.2. The second-order valence-electron chi connectivity index (χ2n) is 5.80. The van der Waals surface area contributed by atoms with Crippen molar-refractivity contribution in [2.24, 2.45) is 5.92 Å². The number of halogens is 1. The van der Waals surface area contributed by atoms with Crippen LogP contribution in [0.4, 0.5) is 0 Å². The van der Waals surface area contributed by atoms with E-state index in [1.807, 2.05) is 19.1 Å². The summed E-state index contributed by atoms with van der Waals surface area (Å²) in [7, 11) is 0. The summed E-state index contributed by atoms with van der Waals surface area (Å²) in [6, 6.07) is 5.51. The van der Waals surface area contributed by atoms with Crippen molar-refractivity contribution >= 4 is 28.5 Å². The number of para-hydroxylation sites is 1. The minimum atomic E-state index is -0.202. The van der Waals surface area contributed by atoms with Crippen LogP contribution in [0.5, 0.6) is 0 Å². The summed E-state index contributed by atoms with van der Waals surface area (Å²) in [5.74, 6) is 0.909. The number of furan rings is 1. The van der Waals surface area contributed by atoms with E-state index in [0.29, 0.717) is 29.5 Å². The number of ether oxygens (including phenoxy) is 1. The molecule has 0 saturated heterocycles. The van der Waals surface area contributed by atoms with Crippen LogP contribution < -0.4 is 5.32 Å². The molecule has 1 aliphatic carbocycles. The van der Waals surface area contributed by atoms with E-state index in [2.05, 4.69) is 5.32 Å². The van der Waals surface area contributed by atoms with Crippen LogP contribution in [0.15, 0.2) is 22.6 Å². The Labute approximate surface area is 134 Å². The summed E-state index contributed by atoms with van der Waals surface area (Å²) in [6.07, 6.45) is 3.40. The predicted molar refractivity (Wildman–Crippen MR) is 86.5 cm³/mol. The highest BCUT2D eigenvalue weighted by atomic mass is 35.5. The van der Waals surface area contributed by atoms with Gasteiger partial charge < -0.3 is 14.5 Å². The predicted octanol–water partition coefficient (Wildman–Crippen LogP) is 3.94. The fourth-order valence-electron chi connectivity index (χ4n) is 2.42. The lowest BCUT2D eigenvalue weighted by Crippen LogP contribution is -2.25. The second kappa shape index (κ2) is 6.71. The van der Waals surface area contributed by atoms with Gasteiger partial charge >= 0.3 is 0 Å². The van der Waals surface area contributed by atoms with Crippen LogP contribution in [0.2, 0.25) is 5.02 Å². The van der Waals surface area contributed by atoms with E-state index in [-0.39, 0.29) is 5.91 Å². The van der Waals surface area contributed by atoms with Crippen molar-refractivity contribution in [2.75, 3.05) is 19.8 Å². The van der Waals surface area contributed by atoms with Gasteiger partial charge in [0.25, 0.3) is 5.91 Å². The van der Waals surface area contributed by atoms with Crippen molar-refractivity contribution in [1.82, 2.24) is 5.32 Å². The molecule has 3 rings (SSSR count). The quantitative estimate of drug-likeness (QED) is 0.786. The molecule has 4 nitrogen and oxygen atoms in total. The van der Waals surface area contributed by atoms with Gasteiger partial charge in [0, 0.05) is 30.7 Å². The van der Waals surface area contributed by atoms with Gasteiger partial charge in [0.2, 0.25) is 0 Å². The molecule has 0 unspecified atom stereocenters. The van der Waals surface area contributed by atoms with Crippen molar-refractivity contribution in [3.05, 3.63) is 34.5 Å². The average molecular weight is 322 g/mol. The van der Waals surface area contributed by atoms with Gasteiger partial charge in [0.05, 0.1) is 5.02 Å². The molecule has 0 radical (unpaired) electrons. The lowest BCUT2D eigenvalue weighted by atomic mass is 10.1. The molecule has 1 amide bonds. The summed E-state index contributed by atoms with van der Waals surface area (Å²) >= 11 is 6.10. The lowest BCUT2D eigenvalue weighted by molar-refractivity contribution is 0.0912. The standard InChI is InChI=1S/C17H20ClNO3/c1-11-13-4-2-5-14(18)16(13)22-15(11)17(20)19-8-3-9-21-10-12-6-7-12/h2,4-5,12H,3,6-10H2,1H3,(H,19,20). The van der Waals surface area contributed by atoms with Crippen LogP contribution in [-0.4, -0.2) is 25.7 Å². The Morgan fingerprint density at radius 3 is 3.00 bits per heavy atom. The minimum Gasteiger partial charge on any atom is -0.449 e. The molecule has 0 spiro atoms. The molecule has 0 aliphatic heterocycles. The minimum absolute atomic E-state index is 0.202. The number of amides is 1. The van der Waals surface area contributed by atoms with E-state index in [9.17, 15) is 4.79 Å². The van der Waals surface area contributed by atoms with Gasteiger partial charge in [-0.2, -0.15) is 0 Å². The number of carbonyl (C=O) groups is 1. The summed E-state index contributed by atoms with van der Waals surface area (Å²) in [5, 5.41) is 4.27. The monoisotopic (exact) mass is 321 g/mol. The van der Waals surface area contributed by atoms with Gasteiger partial charge in [-0.15, -0.1) is 0 Å². The van der Waals surface area contributed by atoms with Crippen molar-refractivity contribution < 1.29 is 13.9 Å². The molecule has 1 aromatic carbocycles. The summed E-state index contributed by atoms with van der Waals surface area (Å²) in [4.78, 5) is 12.2. The molecule has 1 heterocycles. The molecule has 1 aliphatic rings. The van der Waals surface area contributed by atoms with Gasteiger partial charge in [-0.3, -0.25) is 4.79 Å². The fourth-order valence-corrected chi connectivity index (χ4v) is 2.63. The normalized spacial score (nSPS) is 14.5. The van der Waals surface area contributed by atoms with Crippen LogP contribution in [0, 0.1) is 12.8 Å². The number of aryl methyl sites for hydroxylation is 1. The van der Waals surface area contributed by atoms with Crippen LogP contribution >= 0.6 is 11.6 Å². The molecule has 1 aromatic heterocycles. The van der Waals surface area contributed by atoms with Gasteiger partial charge in [-0.05, 0) is 38.2 Å². The van der Waals surface area contributed by atoms with Crippen molar-refractivity contribution in [1.29, 1.82) is 0 Å². The molecule has 5 heteroatoms. The highest BCUT2D eigenvalue weighted by molar-refractivity contribution is 6.35. The molecule has 0 bridgehead atoms. The SMILES string of the molecule is Cc1c(C(=O)NCCCOCC2CC2)oc2c(Cl)cccc12. The highest BCUT2D eigenvalue weighted by Crippen LogP contribution is 2.30. The van der Waals surface area contributed by atoms with E-state index in [4.69, 9.17) is 20.8 Å². The number of hydrogen-bond donors (Lipinski definition) is 1. The Bertz CT molecular complexity index is 676. The molecule has 118 valence electrons. The zero-order valence-electron chi connectivity index (χ0n) is 12.7. The average Bonchev–Trinajstić information content (AvgIpc) is 3.26. The molecular weight excluding hydrogens is 302 g/mol. The van der Waals surface area contributed by atoms with E-state index in [1.54, 1.807) is 6.07 Å². The first-order chi connectivity index (χ1) is 10.7. The number of carbonyl (C=O) groups excluding carboxylic acids is 1.